The molecule has 120 valence electrons. The second-order valence-electron chi connectivity index (χ2n) is 7.00. The Morgan fingerprint density at radius 3 is 2.70 bits per heavy atom. The van der Waals surface area contributed by atoms with Crippen LogP contribution in [0.15, 0.2) is 47.5 Å². The molecule has 0 spiro atoms. The molecule has 1 atom stereocenters. The number of aliphatic imine (C=N–C) groups is 1. The van der Waals surface area contributed by atoms with Crippen LogP contribution in [0.4, 0.5) is 11.4 Å². The van der Waals surface area contributed by atoms with Gasteiger partial charge in [-0.15, -0.1) is 0 Å². The number of halogens is 1. The smallest absolute Gasteiger partial charge is 0.0816 e. The van der Waals surface area contributed by atoms with Crippen molar-refractivity contribution in [3.05, 3.63) is 58.6 Å². The molecule has 0 N–H and O–H groups in total. The molecule has 3 rings (SSSR count). The minimum atomic E-state index is 0.194. The van der Waals surface area contributed by atoms with E-state index in [4.69, 9.17) is 11.6 Å². The second kappa shape index (κ2) is 6.01. The fourth-order valence-corrected chi connectivity index (χ4v) is 3.56. The summed E-state index contributed by atoms with van der Waals surface area (Å²) in [6.07, 6.45) is 3.05. The monoisotopic (exact) mass is 326 g/mol. The van der Waals surface area contributed by atoms with E-state index in [1.54, 1.807) is 0 Å². The molecule has 3 heteroatoms. The van der Waals surface area contributed by atoms with Crippen molar-refractivity contribution in [2.24, 2.45) is 4.99 Å². The maximum atomic E-state index is 6.16. The minimum Gasteiger partial charge on any atom is -0.369 e. The fraction of sp³-hybridized carbons (Fsp3) is 0.350. The highest BCUT2D eigenvalue weighted by Crippen LogP contribution is 2.42. The molecule has 1 aliphatic heterocycles. The zero-order valence-electron chi connectivity index (χ0n) is 14.2. The number of hydrogen-bond donors (Lipinski definition) is 0. The molecule has 2 aromatic carbocycles. The summed E-state index contributed by atoms with van der Waals surface area (Å²) in [5.74, 6) is 0.546. The van der Waals surface area contributed by atoms with Crippen molar-refractivity contribution < 1.29 is 0 Å². The summed E-state index contributed by atoms with van der Waals surface area (Å²) in [6, 6.07) is 14.2. The Balaban J connectivity index is 1.93. The largest absolute Gasteiger partial charge is 0.369 e. The molecule has 23 heavy (non-hydrogen) atoms. The van der Waals surface area contributed by atoms with Crippen LogP contribution in [-0.2, 0) is 0 Å². The molecule has 0 aromatic heterocycles. The van der Waals surface area contributed by atoms with Crippen molar-refractivity contribution in [1.82, 2.24) is 0 Å². The zero-order valence-corrected chi connectivity index (χ0v) is 14.9. The number of anilines is 1. The van der Waals surface area contributed by atoms with Gasteiger partial charge in [0.1, 0.15) is 0 Å². The van der Waals surface area contributed by atoms with Crippen LogP contribution in [0.3, 0.4) is 0 Å². The van der Waals surface area contributed by atoms with Crippen molar-refractivity contribution in [1.29, 1.82) is 0 Å². The van der Waals surface area contributed by atoms with Crippen molar-refractivity contribution in [2.45, 2.75) is 38.6 Å². The van der Waals surface area contributed by atoms with Gasteiger partial charge in [0, 0.05) is 24.5 Å². The lowest BCUT2D eigenvalue weighted by atomic mass is 9.80. The van der Waals surface area contributed by atoms with Crippen molar-refractivity contribution in [2.75, 3.05) is 11.9 Å². The van der Waals surface area contributed by atoms with E-state index in [0.717, 1.165) is 17.7 Å². The van der Waals surface area contributed by atoms with Gasteiger partial charge in [0.15, 0.2) is 0 Å². The van der Waals surface area contributed by atoms with Crippen LogP contribution in [0.1, 0.15) is 44.2 Å². The fourth-order valence-electron chi connectivity index (χ4n) is 3.38. The molecule has 0 bridgehead atoms. The molecule has 2 nitrogen and oxygen atoms in total. The first-order valence-electron chi connectivity index (χ1n) is 8.05. The SMILES string of the molecule is CC1CC(C)(C)N(C)c2ccc(C=Nc3ccccc3Cl)cc21. The number of para-hydroxylation sites is 1. The molecule has 2 aromatic rings. The summed E-state index contributed by atoms with van der Waals surface area (Å²) in [5, 5.41) is 0.677. The summed E-state index contributed by atoms with van der Waals surface area (Å²) in [4.78, 5) is 6.91. The van der Waals surface area contributed by atoms with Gasteiger partial charge in [0.2, 0.25) is 0 Å². The molecule has 0 saturated heterocycles. The standard InChI is InChI=1S/C20H23ClN2/c1-14-12-20(2,3)23(4)19-10-9-15(11-16(14)19)13-22-18-8-6-5-7-17(18)21/h5-11,13-14H,12H2,1-4H3. The molecule has 0 fully saturated rings. The van der Waals surface area contributed by atoms with Crippen molar-refractivity contribution >= 4 is 29.2 Å². The highest BCUT2D eigenvalue weighted by molar-refractivity contribution is 6.33. The first kappa shape index (κ1) is 16.1. The Hall–Kier alpha value is -1.80. The Labute approximate surface area is 143 Å². The average Bonchev–Trinajstić information content (AvgIpc) is 2.51. The highest BCUT2D eigenvalue weighted by atomic mass is 35.5. The van der Waals surface area contributed by atoms with Gasteiger partial charge in [-0.3, -0.25) is 4.99 Å². The summed E-state index contributed by atoms with van der Waals surface area (Å²) < 4.78 is 0. The molecule has 0 aliphatic carbocycles. The van der Waals surface area contributed by atoms with Gasteiger partial charge in [-0.05, 0) is 61.6 Å². The van der Waals surface area contributed by atoms with Gasteiger partial charge in [-0.1, -0.05) is 36.7 Å². The number of hydrogen-bond acceptors (Lipinski definition) is 2. The summed E-state index contributed by atoms with van der Waals surface area (Å²) >= 11 is 6.16. The van der Waals surface area contributed by atoms with Gasteiger partial charge < -0.3 is 4.90 Å². The number of rotatable bonds is 2. The first-order valence-corrected chi connectivity index (χ1v) is 8.43. The van der Waals surface area contributed by atoms with Crippen LogP contribution in [-0.4, -0.2) is 18.8 Å². The summed E-state index contributed by atoms with van der Waals surface area (Å²) in [7, 11) is 2.18. The zero-order chi connectivity index (χ0) is 16.6. The number of fused-ring (bicyclic) bond motifs is 1. The van der Waals surface area contributed by atoms with E-state index in [2.05, 4.69) is 55.9 Å². The van der Waals surface area contributed by atoms with Crippen molar-refractivity contribution in [3.8, 4) is 0 Å². The Morgan fingerprint density at radius 2 is 1.96 bits per heavy atom. The molecule has 0 amide bonds. The van der Waals surface area contributed by atoms with Crippen LogP contribution in [0.2, 0.25) is 5.02 Å². The van der Waals surface area contributed by atoms with E-state index in [9.17, 15) is 0 Å². The number of nitrogens with zero attached hydrogens (tertiary/aromatic N) is 2. The first-order chi connectivity index (χ1) is 10.9. The molecule has 1 unspecified atom stereocenters. The lowest BCUT2D eigenvalue weighted by Crippen LogP contribution is -2.45. The van der Waals surface area contributed by atoms with E-state index in [0.29, 0.717) is 10.9 Å². The van der Waals surface area contributed by atoms with Crippen LogP contribution in [0.5, 0.6) is 0 Å². The van der Waals surface area contributed by atoms with Crippen LogP contribution < -0.4 is 4.90 Å². The van der Waals surface area contributed by atoms with Crippen LogP contribution in [0, 0.1) is 0 Å². The quantitative estimate of drug-likeness (QED) is 0.635. The predicted molar refractivity (Wildman–Crippen MR) is 101 cm³/mol. The van der Waals surface area contributed by atoms with Crippen molar-refractivity contribution in [3.63, 3.8) is 0 Å². The lowest BCUT2D eigenvalue weighted by molar-refractivity contribution is 0.395. The summed E-state index contributed by atoms with van der Waals surface area (Å²) in [5.41, 5.74) is 4.83. The van der Waals surface area contributed by atoms with Crippen LogP contribution in [0.25, 0.3) is 0 Å². The number of benzene rings is 2. The van der Waals surface area contributed by atoms with Gasteiger partial charge in [0.05, 0.1) is 10.7 Å². The maximum Gasteiger partial charge on any atom is 0.0816 e. The van der Waals surface area contributed by atoms with Gasteiger partial charge in [-0.2, -0.15) is 0 Å². The Morgan fingerprint density at radius 1 is 1.22 bits per heavy atom. The second-order valence-corrected chi connectivity index (χ2v) is 7.41. The van der Waals surface area contributed by atoms with Crippen LogP contribution >= 0.6 is 11.6 Å². The molecular weight excluding hydrogens is 304 g/mol. The maximum absolute atomic E-state index is 6.16. The Kier molecular flexibility index (Phi) is 4.20. The molecule has 1 aliphatic rings. The lowest BCUT2D eigenvalue weighted by Gasteiger charge is -2.45. The van der Waals surface area contributed by atoms with Gasteiger partial charge in [0.25, 0.3) is 0 Å². The molecule has 0 saturated carbocycles. The van der Waals surface area contributed by atoms with E-state index < -0.39 is 0 Å². The third kappa shape index (κ3) is 3.13. The summed E-state index contributed by atoms with van der Waals surface area (Å²) in [6.45, 7) is 6.92. The predicted octanol–water partition coefficient (Wildman–Crippen LogP) is 5.81. The minimum absolute atomic E-state index is 0.194. The third-order valence-electron chi connectivity index (χ3n) is 4.86. The van der Waals surface area contributed by atoms with E-state index in [1.807, 2.05) is 30.5 Å². The van der Waals surface area contributed by atoms with Gasteiger partial charge in [-0.25, -0.2) is 0 Å². The van der Waals surface area contributed by atoms with E-state index >= 15 is 0 Å². The molecule has 1 heterocycles. The normalized spacial score (nSPS) is 19.9. The topological polar surface area (TPSA) is 15.6 Å². The molecule has 0 radical (unpaired) electrons. The molecular formula is C20H23ClN2. The van der Waals surface area contributed by atoms with E-state index in [-0.39, 0.29) is 5.54 Å². The Bertz CT molecular complexity index is 749. The average molecular weight is 327 g/mol. The van der Waals surface area contributed by atoms with Gasteiger partial charge >= 0.3 is 0 Å². The third-order valence-corrected chi connectivity index (χ3v) is 5.18. The highest BCUT2D eigenvalue weighted by Gasteiger charge is 2.33. The van der Waals surface area contributed by atoms with E-state index in [1.165, 1.54) is 11.3 Å².